The number of aromatic nitrogens is 2. The molecule has 2 aromatic rings. The standard InChI is InChI=1S/C13H20N4O3S/c1-20-10-6-2-4-8-15-21(18,19)13-12(14)16-11-7-3-5-9-17(11)13/h3,5,7,9,15H,2,4,6,8,10,14H2,1H3. The van der Waals surface area contributed by atoms with E-state index < -0.39 is 10.0 Å². The monoisotopic (exact) mass is 312 g/mol. The van der Waals surface area contributed by atoms with Gasteiger partial charge in [0, 0.05) is 26.5 Å². The van der Waals surface area contributed by atoms with Gasteiger partial charge in [-0.3, -0.25) is 4.40 Å². The van der Waals surface area contributed by atoms with Crippen LogP contribution in [0.15, 0.2) is 29.4 Å². The van der Waals surface area contributed by atoms with Crippen molar-refractivity contribution in [2.75, 3.05) is 26.0 Å². The van der Waals surface area contributed by atoms with Crippen molar-refractivity contribution in [3.05, 3.63) is 24.4 Å². The number of nitrogens with two attached hydrogens (primary N) is 1. The zero-order valence-corrected chi connectivity index (χ0v) is 12.8. The number of anilines is 1. The van der Waals surface area contributed by atoms with Crippen LogP contribution in [0, 0.1) is 0 Å². The molecule has 0 spiro atoms. The van der Waals surface area contributed by atoms with E-state index in [1.807, 2.05) is 0 Å². The van der Waals surface area contributed by atoms with Gasteiger partial charge in [0.15, 0.2) is 10.8 Å². The highest BCUT2D eigenvalue weighted by Crippen LogP contribution is 2.19. The third-order valence-electron chi connectivity index (χ3n) is 3.08. The Morgan fingerprint density at radius 1 is 1.33 bits per heavy atom. The first-order valence-electron chi connectivity index (χ1n) is 6.77. The molecule has 0 unspecified atom stereocenters. The molecule has 116 valence electrons. The number of methoxy groups -OCH3 is 1. The van der Waals surface area contributed by atoms with Crippen LogP contribution in [-0.4, -0.2) is 38.1 Å². The maximum absolute atomic E-state index is 12.3. The Bertz CT molecular complexity index is 697. The van der Waals surface area contributed by atoms with E-state index in [2.05, 4.69) is 9.71 Å². The summed E-state index contributed by atoms with van der Waals surface area (Å²) in [4.78, 5) is 4.05. The number of sulfonamides is 1. The second-order valence-electron chi connectivity index (χ2n) is 4.68. The highest BCUT2D eigenvalue weighted by Gasteiger charge is 2.23. The largest absolute Gasteiger partial charge is 0.385 e. The molecule has 21 heavy (non-hydrogen) atoms. The average Bonchev–Trinajstić information content (AvgIpc) is 2.79. The first kappa shape index (κ1) is 15.7. The SMILES string of the molecule is COCCCCCNS(=O)(=O)c1c(N)nc2ccccn12. The van der Waals surface area contributed by atoms with Gasteiger partial charge < -0.3 is 10.5 Å². The lowest BCUT2D eigenvalue weighted by molar-refractivity contribution is 0.192. The molecular formula is C13H20N4O3S. The Kier molecular flexibility index (Phi) is 5.16. The van der Waals surface area contributed by atoms with Gasteiger partial charge in [-0.15, -0.1) is 0 Å². The topological polar surface area (TPSA) is 98.7 Å². The molecule has 0 aliphatic carbocycles. The Hall–Kier alpha value is -1.64. The van der Waals surface area contributed by atoms with Crippen molar-refractivity contribution in [3.63, 3.8) is 0 Å². The van der Waals surface area contributed by atoms with Gasteiger partial charge in [-0.2, -0.15) is 0 Å². The molecule has 3 N–H and O–H groups in total. The number of hydrogen-bond acceptors (Lipinski definition) is 5. The summed E-state index contributed by atoms with van der Waals surface area (Å²) in [7, 11) is -2.02. The summed E-state index contributed by atoms with van der Waals surface area (Å²) < 4.78 is 33.7. The third kappa shape index (κ3) is 3.72. The number of nitrogen functional groups attached to an aromatic ring is 1. The summed E-state index contributed by atoms with van der Waals surface area (Å²) >= 11 is 0. The summed E-state index contributed by atoms with van der Waals surface area (Å²) in [6.07, 6.45) is 4.19. The van der Waals surface area contributed by atoms with Crippen LogP contribution < -0.4 is 10.5 Å². The highest BCUT2D eigenvalue weighted by atomic mass is 32.2. The van der Waals surface area contributed by atoms with E-state index in [-0.39, 0.29) is 10.8 Å². The zero-order chi connectivity index (χ0) is 15.3. The summed E-state index contributed by atoms with van der Waals surface area (Å²) in [5.74, 6) is 0.00748. The third-order valence-corrected chi connectivity index (χ3v) is 4.58. The molecule has 0 atom stereocenters. The molecule has 0 amide bonds. The second-order valence-corrected chi connectivity index (χ2v) is 6.36. The zero-order valence-electron chi connectivity index (χ0n) is 11.9. The van der Waals surface area contributed by atoms with Crippen molar-refractivity contribution < 1.29 is 13.2 Å². The van der Waals surface area contributed by atoms with Gasteiger partial charge in [-0.05, 0) is 31.4 Å². The number of hydrogen-bond donors (Lipinski definition) is 2. The Balaban J connectivity index is 2.06. The molecule has 2 aromatic heterocycles. The number of pyridine rings is 1. The smallest absolute Gasteiger partial charge is 0.260 e. The van der Waals surface area contributed by atoms with Crippen LogP contribution in [0.1, 0.15) is 19.3 Å². The fourth-order valence-corrected chi connectivity index (χ4v) is 3.37. The molecule has 0 aliphatic rings. The van der Waals surface area contributed by atoms with Gasteiger partial charge in [0.2, 0.25) is 0 Å². The van der Waals surface area contributed by atoms with E-state index in [0.717, 1.165) is 19.3 Å². The lowest BCUT2D eigenvalue weighted by atomic mass is 10.2. The van der Waals surface area contributed by atoms with Crippen molar-refractivity contribution in [3.8, 4) is 0 Å². The molecule has 0 aliphatic heterocycles. The van der Waals surface area contributed by atoms with Crippen molar-refractivity contribution in [2.24, 2.45) is 0 Å². The molecule has 2 heterocycles. The van der Waals surface area contributed by atoms with E-state index in [1.54, 1.807) is 31.5 Å². The number of fused-ring (bicyclic) bond motifs is 1. The van der Waals surface area contributed by atoms with Crippen LogP contribution in [0.3, 0.4) is 0 Å². The molecule has 0 fully saturated rings. The maximum Gasteiger partial charge on any atom is 0.260 e. The lowest BCUT2D eigenvalue weighted by Gasteiger charge is -2.07. The van der Waals surface area contributed by atoms with E-state index in [4.69, 9.17) is 10.5 Å². The minimum atomic E-state index is -3.67. The van der Waals surface area contributed by atoms with Gasteiger partial charge >= 0.3 is 0 Å². The molecule has 0 bridgehead atoms. The van der Waals surface area contributed by atoms with Crippen molar-refractivity contribution >= 4 is 21.5 Å². The lowest BCUT2D eigenvalue weighted by Crippen LogP contribution is -2.26. The first-order chi connectivity index (χ1) is 10.1. The quantitative estimate of drug-likeness (QED) is 0.709. The molecule has 0 saturated carbocycles. The predicted octanol–water partition coefficient (Wildman–Crippen LogP) is 1.01. The molecule has 0 radical (unpaired) electrons. The van der Waals surface area contributed by atoms with Crippen molar-refractivity contribution in [2.45, 2.75) is 24.3 Å². The van der Waals surface area contributed by atoms with Crippen molar-refractivity contribution in [1.29, 1.82) is 0 Å². The number of ether oxygens (including phenoxy) is 1. The van der Waals surface area contributed by atoms with Crippen LogP contribution >= 0.6 is 0 Å². The second kappa shape index (κ2) is 6.88. The van der Waals surface area contributed by atoms with Crippen molar-refractivity contribution in [1.82, 2.24) is 14.1 Å². The van der Waals surface area contributed by atoms with E-state index in [9.17, 15) is 8.42 Å². The predicted molar refractivity (Wildman–Crippen MR) is 80.5 cm³/mol. The Morgan fingerprint density at radius 3 is 2.90 bits per heavy atom. The summed E-state index contributed by atoms with van der Waals surface area (Å²) in [5, 5.41) is -0.00464. The van der Waals surface area contributed by atoms with Gasteiger partial charge in [0.1, 0.15) is 5.65 Å². The summed E-state index contributed by atoms with van der Waals surface area (Å²) in [6.45, 7) is 1.05. The molecule has 0 aromatic carbocycles. The van der Waals surface area contributed by atoms with Gasteiger partial charge in [-0.25, -0.2) is 18.1 Å². The van der Waals surface area contributed by atoms with Crippen LogP contribution in [0.5, 0.6) is 0 Å². The highest BCUT2D eigenvalue weighted by molar-refractivity contribution is 7.89. The number of imidazole rings is 1. The Labute approximate surface area is 124 Å². The summed E-state index contributed by atoms with van der Waals surface area (Å²) in [6, 6.07) is 5.22. The van der Waals surface area contributed by atoms with E-state index >= 15 is 0 Å². The molecule has 2 rings (SSSR count). The van der Waals surface area contributed by atoms with E-state index in [0.29, 0.717) is 18.8 Å². The van der Waals surface area contributed by atoms with Gasteiger partial charge in [0.05, 0.1) is 0 Å². The van der Waals surface area contributed by atoms with Crippen LogP contribution in [0.25, 0.3) is 5.65 Å². The molecular weight excluding hydrogens is 292 g/mol. The molecule has 7 nitrogen and oxygen atoms in total. The number of nitrogens with one attached hydrogen (secondary N) is 1. The molecule has 8 heteroatoms. The number of unbranched alkanes of at least 4 members (excludes halogenated alkanes) is 2. The van der Waals surface area contributed by atoms with Crippen LogP contribution in [-0.2, 0) is 14.8 Å². The fourth-order valence-electron chi connectivity index (χ4n) is 2.08. The van der Waals surface area contributed by atoms with Gasteiger partial charge in [-0.1, -0.05) is 6.07 Å². The van der Waals surface area contributed by atoms with Crippen LogP contribution in [0.4, 0.5) is 5.82 Å². The summed E-state index contributed by atoms with van der Waals surface area (Å²) in [5.41, 5.74) is 6.25. The first-order valence-corrected chi connectivity index (χ1v) is 8.26. The minimum absolute atomic E-state index is 0.00464. The van der Waals surface area contributed by atoms with E-state index in [1.165, 1.54) is 4.40 Å². The normalized spacial score (nSPS) is 12.0. The minimum Gasteiger partial charge on any atom is -0.385 e. The molecule has 0 saturated heterocycles. The van der Waals surface area contributed by atoms with Crippen LogP contribution in [0.2, 0.25) is 0 Å². The Morgan fingerprint density at radius 2 is 2.14 bits per heavy atom. The fraction of sp³-hybridized carbons (Fsp3) is 0.462. The number of rotatable bonds is 8. The van der Waals surface area contributed by atoms with Gasteiger partial charge in [0.25, 0.3) is 10.0 Å². The average molecular weight is 312 g/mol. The number of nitrogens with zero attached hydrogens (tertiary/aromatic N) is 2. The maximum atomic E-state index is 12.3.